The Morgan fingerprint density at radius 3 is 2.41 bits per heavy atom. The summed E-state index contributed by atoms with van der Waals surface area (Å²) in [6, 6.07) is 0.481. The first-order valence-electron chi connectivity index (χ1n) is 7.05. The summed E-state index contributed by atoms with van der Waals surface area (Å²) in [7, 11) is 2.04. The molecule has 2 rings (SSSR count). The average molecular weight is 240 g/mol. The van der Waals surface area contributed by atoms with E-state index in [2.05, 4.69) is 31.0 Å². The Morgan fingerprint density at radius 2 is 1.88 bits per heavy atom. The molecule has 2 atom stereocenters. The molecular weight excluding hydrogens is 212 g/mol. The lowest BCUT2D eigenvalue weighted by Gasteiger charge is -2.49. The Morgan fingerprint density at radius 1 is 1.24 bits per heavy atom. The van der Waals surface area contributed by atoms with E-state index in [1.165, 1.54) is 38.8 Å². The maximum absolute atomic E-state index is 6.42. The molecule has 0 aromatic heterocycles. The van der Waals surface area contributed by atoms with Crippen LogP contribution in [0.3, 0.4) is 0 Å². The molecule has 3 heteroatoms. The van der Waals surface area contributed by atoms with Gasteiger partial charge in [-0.05, 0) is 66.6 Å². The molecule has 0 aromatic carbocycles. The van der Waals surface area contributed by atoms with Crippen LogP contribution in [0.2, 0.25) is 0 Å². The number of likely N-dealkylation sites (N-methyl/N-ethyl adjacent to an activating group) is 1. The van der Waals surface area contributed by atoms with Gasteiger partial charge in [0, 0.05) is 12.6 Å². The SMILES string of the molecule is CNC1CCC(C)(CN2CCCC2)OC1(C)C. The number of hydrogen-bond donors (Lipinski definition) is 1. The monoisotopic (exact) mass is 240 g/mol. The molecule has 0 amide bonds. The van der Waals surface area contributed by atoms with E-state index in [0.717, 1.165) is 6.54 Å². The Hall–Kier alpha value is -0.120. The second-order valence-corrected chi connectivity index (χ2v) is 6.52. The van der Waals surface area contributed by atoms with Crippen LogP contribution in [0, 0.1) is 0 Å². The van der Waals surface area contributed by atoms with Crippen LogP contribution in [-0.2, 0) is 4.74 Å². The lowest BCUT2D eigenvalue weighted by atomic mass is 9.83. The van der Waals surface area contributed by atoms with Gasteiger partial charge in [0.05, 0.1) is 11.2 Å². The quantitative estimate of drug-likeness (QED) is 0.817. The van der Waals surface area contributed by atoms with Gasteiger partial charge in [0.15, 0.2) is 0 Å². The van der Waals surface area contributed by atoms with Gasteiger partial charge < -0.3 is 15.0 Å². The van der Waals surface area contributed by atoms with Crippen LogP contribution < -0.4 is 5.32 Å². The minimum atomic E-state index is -0.0541. The van der Waals surface area contributed by atoms with E-state index in [1.54, 1.807) is 0 Å². The molecule has 2 heterocycles. The lowest BCUT2D eigenvalue weighted by Crippen LogP contribution is -2.59. The zero-order chi connectivity index (χ0) is 12.5. The number of nitrogens with one attached hydrogen (secondary N) is 1. The molecular formula is C14H28N2O. The fourth-order valence-corrected chi connectivity index (χ4v) is 3.57. The molecule has 3 nitrogen and oxygen atoms in total. The second kappa shape index (κ2) is 4.87. The molecule has 17 heavy (non-hydrogen) atoms. The van der Waals surface area contributed by atoms with Crippen LogP contribution in [-0.4, -0.2) is 48.8 Å². The smallest absolute Gasteiger partial charge is 0.0789 e. The van der Waals surface area contributed by atoms with E-state index in [0.29, 0.717) is 6.04 Å². The standard InChI is InChI=1S/C14H28N2O/c1-13(2)12(15-4)7-8-14(3,17-13)11-16-9-5-6-10-16/h12,15H,5-11H2,1-4H3. The van der Waals surface area contributed by atoms with Gasteiger partial charge in [-0.15, -0.1) is 0 Å². The van der Waals surface area contributed by atoms with Gasteiger partial charge >= 0.3 is 0 Å². The van der Waals surface area contributed by atoms with Crippen molar-refractivity contribution >= 4 is 0 Å². The third-order valence-electron chi connectivity index (χ3n) is 4.42. The van der Waals surface area contributed by atoms with E-state index in [9.17, 15) is 0 Å². The summed E-state index contributed by atoms with van der Waals surface area (Å²) in [6.45, 7) is 10.3. The predicted octanol–water partition coefficient (Wildman–Crippen LogP) is 2.02. The van der Waals surface area contributed by atoms with Gasteiger partial charge in [0.2, 0.25) is 0 Å². The Bertz CT molecular complexity index is 261. The van der Waals surface area contributed by atoms with E-state index < -0.39 is 0 Å². The number of rotatable bonds is 3. The molecule has 0 saturated carbocycles. The lowest BCUT2D eigenvalue weighted by molar-refractivity contribution is -0.185. The average Bonchev–Trinajstić information content (AvgIpc) is 2.68. The minimum Gasteiger partial charge on any atom is -0.366 e. The maximum atomic E-state index is 6.42. The van der Waals surface area contributed by atoms with Crippen molar-refractivity contribution in [3.05, 3.63) is 0 Å². The molecule has 2 aliphatic rings. The summed E-state index contributed by atoms with van der Waals surface area (Å²) >= 11 is 0. The van der Waals surface area contributed by atoms with Gasteiger partial charge in [0.25, 0.3) is 0 Å². The fraction of sp³-hybridized carbons (Fsp3) is 1.00. The van der Waals surface area contributed by atoms with Crippen LogP contribution in [0.5, 0.6) is 0 Å². The molecule has 1 N–H and O–H groups in total. The summed E-state index contributed by atoms with van der Waals surface area (Å²) in [6.07, 6.45) is 5.10. The summed E-state index contributed by atoms with van der Waals surface area (Å²) in [5.74, 6) is 0. The number of hydrogen-bond acceptors (Lipinski definition) is 3. The van der Waals surface area contributed by atoms with Crippen molar-refractivity contribution in [1.29, 1.82) is 0 Å². The molecule has 0 aromatic rings. The molecule has 2 saturated heterocycles. The van der Waals surface area contributed by atoms with Crippen molar-refractivity contribution in [2.75, 3.05) is 26.7 Å². The fourth-order valence-electron chi connectivity index (χ4n) is 3.57. The van der Waals surface area contributed by atoms with Crippen LogP contribution in [0.15, 0.2) is 0 Å². The van der Waals surface area contributed by atoms with Gasteiger partial charge in [-0.2, -0.15) is 0 Å². The largest absolute Gasteiger partial charge is 0.366 e. The highest BCUT2D eigenvalue weighted by atomic mass is 16.5. The van der Waals surface area contributed by atoms with Gasteiger partial charge in [0.1, 0.15) is 0 Å². The van der Waals surface area contributed by atoms with Gasteiger partial charge in [-0.3, -0.25) is 0 Å². The van der Waals surface area contributed by atoms with Gasteiger partial charge in [-0.25, -0.2) is 0 Å². The molecule has 100 valence electrons. The first-order chi connectivity index (χ1) is 7.95. The second-order valence-electron chi connectivity index (χ2n) is 6.52. The van der Waals surface area contributed by atoms with Gasteiger partial charge in [-0.1, -0.05) is 0 Å². The molecule has 0 bridgehead atoms. The highest BCUT2D eigenvalue weighted by Gasteiger charge is 2.43. The van der Waals surface area contributed by atoms with Crippen molar-refractivity contribution in [3.63, 3.8) is 0 Å². The topological polar surface area (TPSA) is 24.5 Å². The van der Waals surface area contributed by atoms with Crippen LogP contribution >= 0.6 is 0 Å². The minimum absolute atomic E-state index is 0.0428. The predicted molar refractivity (Wildman–Crippen MR) is 71.3 cm³/mol. The molecule has 0 radical (unpaired) electrons. The number of nitrogens with zero attached hydrogens (tertiary/aromatic N) is 1. The number of ether oxygens (including phenoxy) is 1. The molecule has 0 aliphatic carbocycles. The first-order valence-corrected chi connectivity index (χ1v) is 7.05. The summed E-state index contributed by atoms with van der Waals surface area (Å²) in [4.78, 5) is 2.57. The van der Waals surface area contributed by atoms with Crippen LogP contribution in [0.25, 0.3) is 0 Å². The normalized spacial score (nSPS) is 38.5. The van der Waals surface area contributed by atoms with Crippen molar-refractivity contribution in [2.45, 2.75) is 63.7 Å². The van der Waals surface area contributed by atoms with E-state index >= 15 is 0 Å². The summed E-state index contributed by atoms with van der Waals surface area (Å²) in [5.41, 5.74) is -0.0112. The highest BCUT2D eigenvalue weighted by Crippen LogP contribution is 2.36. The van der Waals surface area contributed by atoms with Crippen molar-refractivity contribution in [1.82, 2.24) is 10.2 Å². The Balaban J connectivity index is 1.97. The first kappa shape index (κ1) is 13.3. The molecule has 0 spiro atoms. The van der Waals surface area contributed by atoms with Crippen molar-refractivity contribution in [2.24, 2.45) is 0 Å². The summed E-state index contributed by atoms with van der Waals surface area (Å²) in [5, 5.41) is 3.39. The number of likely N-dealkylation sites (tertiary alicyclic amines) is 1. The van der Waals surface area contributed by atoms with Crippen molar-refractivity contribution in [3.8, 4) is 0 Å². The Labute approximate surface area is 106 Å². The highest BCUT2D eigenvalue weighted by molar-refractivity contribution is 4.97. The van der Waals surface area contributed by atoms with E-state index in [4.69, 9.17) is 4.74 Å². The molecule has 2 fully saturated rings. The van der Waals surface area contributed by atoms with Crippen LogP contribution in [0.4, 0.5) is 0 Å². The Kier molecular flexibility index (Phi) is 3.81. The zero-order valence-electron chi connectivity index (χ0n) is 11.9. The molecule has 2 unspecified atom stereocenters. The zero-order valence-corrected chi connectivity index (χ0v) is 11.9. The third kappa shape index (κ3) is 3.01. The maximum Gasteiger partial charge on any atom is 0.0789 e. The molecule has 2 aliphatic heterocycles. The summed E-state index contributed by atoms with van der Waals surface area (Å²) < 4.78 is 6.42. The van der Waals surface area contributed by atoms with E-state index in [-0.39, 0.29) is 11.2 Å². The third-order valence-corrected chi connectivity index (χ3v) is 4.42. The van der Waals surface area contributed by atoms with E-state index in [1.807, 2.05) is 7.05 Å². The van der Waals surface area contributed by atoms with Crippen LogP contribution in [0.1, 0.15) is 46.5 Å². The van der Waals surface area contributed by atoms with Crippen molar-refractivity contribution < 1.29 is 4.74 Å².